The summed E-state index contributed by atoms with van der Waals surface area (Å²) in [6.07, 6.45) is -0.0262. The molecule has 0 aliphatic carbocycles. The van der Waals surface area contributed by atoms with Crippen LogP contribution in [-0.4, -0.2) is 25.2 Å². The van der Waals surface area contributed by atoms with Gasteiger partial charge in [0, 0.05) is 0 Å². The van der Waals surface area contributed by atoms with Crippen LogP contribution in [-0.2, 0) is 19.0 Å². The van der Waals surface area contributed by atoms with Crippen LogP contribution in [0, 0.1) is 0 Å². The fourth-order valence-electron chi connectivity index (χ4n) is 0.999. The molecule has 0 amide bonds. The van der Waals surface area contributed by atoms with Crippen LogP contribution >= 0.6 is 7.44 Å². The summed E-state index contributed by atoms with van der Waals surface area (Å²) in [6.45, 7) is 6.31. The van der Waals surface area contributed by atoms with Gasteiger partial charge in [-0.2, -0.15) is 0 Å². The Kier molecular flexibility index (Phi) is 4.50. The van der Waals surface area contributed by atoms with Crippen molar-refractivity contribution in [3.63, 3.8) is 0 Å². The Bertz CT molecular complexity index is 214. The van der Waals surface area contributed by atoms with E-state index in [4.69, 9.17) is 14.4 Å². The van der Waals surface area contributed by atoms with E-state index in [2.05, 4.69) is 10.5 Å². The molecule has 0 saturated carbocycles. The third-order valence-electron chi connectivity index (χ3n) is 1.73. The van der Waals surface area contributed by atoms with Crippen LogP contribution in [0.25, 0.3) is 0 Å². The van der Waals surface area contributed by atoms with Crippen molar-refractivity contribution in [2.45, 2.75) is 32.7 Å². The van der Waals surface area contributed by atoms with Crippen LogP contribution in [0.4, 0.5) is 0 Å². The molecule has 7 heteroatoms. The molecule has 0 spiro atoms. The Morgan fingerprint density at radius 2 is 1.71 bits per heavy atom. The highest BCUT2D eigenvalue weighted by molar-refractivity contribution is 7.60. The Morgan fingerprint density at radius 3 is 2.00 bits per heavy atom. The molecule has 2 N–H and O–H groups in total. The van der Waals surface area contributed by atoms with Gasteiger partial charge in [-0.05, 0) is 20.8 Å². The van der Waals surface area contributed by atoms with Gasteiger partial charge in [0.05, 0.1) is 19.3 Å². The minimum Gasteiger partial charge on any atom is -0.359 e. The number of hydrogen-bond donors (Lipinski definition) is 2. The van der Waals surface area contributed by atoms with Gasteiger partial charge in [-0.3, -0.25) is 14.2 Å². The van der Waals surface area contributed by atoms with Gasteiger partial charge in [0.15, 0.2) is 5.85 Å². The predicted octanol–water partition coefficient (Wildman–Crippen LogP) is 1.01. The second kappa shape index (κ2) is 5.21. The van der Waals surface area contributed by atoms with Crippen molar-refractivity contribution in [3.8, 4) is 0 Å². The van der Waals surface area contributed by atoms with E-state index in [1.165, 1.54) is 0 Å². The SMILES string of the molecule is CCONP(=O)(NOCC)[C@@H]1O[C@@H]1C. The minimum atomic E-state index is -2.94. The third kappa shape index (κ3) is 3.02. The summed E-state index contributed by atoms with van der Waals surface area (Å²) in [5, 5.41) is 4.93. The van der Waals surface area contributed by atoms with E-state index in [0.717, 1.165) is 0 Å². The highest BCUT2D eigenvalue weighted by Crippen LogP contribution is 2.53. The molecule has 0 unspecified atom stereocenters. The van der Waals surface area contributed by atoms with E-state index >= 15 is 0 Å². The van der Waals surface area contributed by atoms with Crippen LogP contribution in [0.2, 0.25) is 0 Å². The molecule has 1 fully saturated rings. The van der Waals surface area contributed by atoms with Crippen LogP contribution < -0.4 is 10.5 Å². The minimum absolute atomic E-state index is 0.0262. The van der Waals surface area contributed by atoms with Crippen molar-refractivity contribution in [1.82, 2.24) is 10.5 Å². The summed E-state index contributed by atoms with van der Waals surface area (Å²) in [5.74, 6) is -0.361. The maximum atomic E-state index is 12.1. The van der Waals surface area contributed by atoms with Gasteiger partial charge in [-0.1, -0.05) is 0 Å². The topological polar surface area (TPSA) is 72.1 Å². The Hall–Kier alpha value is 0.0300. The first-order valence-corrected chi connectivity index (χ1v) is 6.45. The standard InChI is InChI=1S/C7H17N2O4P/c1-4-11-8-14(10,9-12-5-2)7-6(3)13-7/h6-7H,4-5H2,1-3H3,(H2,8,9,10)/t6-,7+/m1/s1. The average molecular weight is 224 g/mol. The number of ether oxygens (including phenoxy) is 1. The molecule has 1 aliphatic rings. The molecule has 0 aromatic rings. The zero-order valence-corrected chi connectivity index (χ0v) is 9.54. The molecule has 1 rings (SSSR count). The van der Waals surface area contributed by atoms with Crippen molar-refractivity contribution in [2.75, 3.05) is 13.2 Å². The summed E-state index contributed by atoms with van der Waals surface area (Å²) in [5.41, 5.74) is 0. The van der Waals surface area contributed by atoms with E-state index in [0.29, 0.717) is 13.2 Å². The molecule has 1 aliphatic heterocycles. The fourth-order valence-corrected chi connectivity index (χ4v) is 2.84. The Labute approximate surface area is 83.7 Å². The van der Waals surface area contributed by atoms with Gasteiger partial charge in [0.2, 0.25) is 0 Å². The van der Waals surface area contributed by atoms with Crippen molar-refractivity contribution in [3.05, 3.63) is 0 Å². The smallest absolute Gasteiger partial charge is 0.286 e. The van der Waals surface area contributed by atoms with E-state index in [-0.39, 0.29) is 11.9 Å². The molecule has 0 aromatic heterocycles. The number of epoxide rings is 1. The molecule has 0 aromatic carbocycles. The normalized spacial score (nSPS) is 26.5. The summed E-state index contributed by atoms with van der Waals surface area (Å²) in [6, 6.07) is 0. The molecule has 1 saturated heterocycles. The van der Waals surface area contributed by atoms with Gasteiger partial charge in [-0.15, -0.1) is 10.5 Å². The zero-order chi connectivity index (χ0) is 10.6. The second-order valence-corrected chi connectivity index (χ2v) is 5.13. The average Bonchev–Trinajstić information content (AvgIpc) is 2.90. The summed E-state index contributed by atoms with van der Waals surface area (Å²) < 4.78 is 17.2. The van der Waals surface area contributed by atoms with Crippen LogP contribution in [0.1, 0.15) is 20.8 Å². The van der Waals surface area contributed by atoms with E-state index < -0.39 is 7.44 Å². The van der Waals surface area contributed by atoms with Gasteiger partial charge in [0.1, 0.15) is 0 Å². The summed E-state index contributed by atoms with van der Waals surface area (Å²) in [4.78, 5) is 9.82. The predicted molar refractivity (Wildman–Crippen MR) is 51.5 cm³/mol. The molecule has 6 nitrogen and oxygen atoms in total. The molecule has 2 atom stereocenters. The van der Waals surface area contributed by atoms with Gasteiger partial charge >= 0.3 is 0 Å². The van der Waals surface area contributed by atoms with Gasteiger partial charge < -0.3 is 4.74 Å². The molecule has 14 heavy (non-hydrogen) atoms. The summed E-state index contributed by atoms with van der Waals surface area (Å²) in [7, 11) is -2.94. The zero-order valence-electron chi connectivity index (χ0n) is 8.65. The highest BCUT2D eigenvalue weighted by atomic mass is 31.2. The fraction of sp³-hybridized carbons (Fsp3) is 1.00. The van der Waals surface area contributed by atoms with Crippen molar-refractivity contribution < 1.29 is 19.0 Å². The van der Waals surface area contributed by atoms with Crippen molar-refractivity contribution >= 4 is 7.44 Å². The lowest BCUT2D eigenvalue weighted by atomic mass is 10.6. The van der Waals surface area contributed by atoms with E-state index in [1.54, 1.807) is 13.8 Å². The number of hydrogen-bond acceptors (Lipinski definition) is 4. The lowest BCUT2D eigenvalue weighted by molar-refractivity contribution is 0.0698. The highest BCUT2D eigenvalue weighted by Gasteiger charge is 2.50. The van der Waals surface area contributed by atoms with Crippen LogP contribution in [0.3, 0.4) is 0 Å². The Balaban J connectivity index is 2.46. The molecule has 0 bridgehead atoms. The second-order valence-electron chi connectivity index (χ2n) is 2.94. The molecule has 0 radical (unpaired) electrons. The maximum absolute atomic E-state index is 12.1. The largest absolute Gasteiger partial charge is 0.359 e. The Morgan fingerprint density at radius 1 is 1.29 bits per heavy atom. The van der Waals surface area contributed by atoms with E-state index in [9.17, 15) is 4.57 Å². The first kappa shape index (κ1) is 12.1. The number of rotatable bonds is 7. The number of nitrogens with one attached hydrogen (secondary N) is 2. The molecular weight excluding hydrogens is 207 g/mol. The van der Waals surface area contributed by atoms with Gasteiger partial charge in [0.25, 0.3) is 7.44 Å². The third-order valence-corrected chi connectivity index (χ3v) is 3.79. The quantitative estimate of drug-likeness (QED) is 0.382. The molecule has 1 heterocycles. The first-order chi connectivity index (χ1) is 6.64. The first-order valence-electron chi connectivity index (χ1n) is 4.67. The summed E-state index contributed by atoms with van der Waals surface area (Å²) >= 11 is 0. The lowest BCUT2D eigenvalue weighted by Gasteiger charge is -2.17. The van der Waals surface area contributed by atoms with Crippen molar-refractivity contribution in [1.29, 1.82) is 0 Å². The van der Waals surface area contributed by atoms with Crippen molar-refractivity contribution in [2.24, 2.45) is 0 Å². The van der Waals surface area contributed by atoms with Crippen LogP contribution in [0.15, 0.2) is 0 Å². The van der Waals surface area contributed by atoms with E-state index in [1.807, 2.05) is 6.92 Å². The maximum Gasteiger partial charge on any atom is 0.286 e. The van der Waals surface area contributed by atoms with Gasteiger partial charge in [-0.25, -0.2) is 0 Å². The molecular formula is C7H17N2O4P. The monoisotopic (exact) mass is 224 g/mol. The van der Waals surface area contributed by atoms with Crippen LogP contribution in [0.5, 0.6) is 0 Å². The molecule has 84 valence electrons. The lowest BCUT2D eigenvalue weighted by Crippen LogP contribution is -2.26.